The van der Waals surface area contributed by atoms with Crippen molar-refractivity contribution in [1.29, 1.82) is 0 Å². The van der Waals surface area contributed by atoms with Gasteiger partial charge in [0.1, 0.15) is 0 Å². The number of aryl methyl sites for hydroxylation is 1. The summed E-state index contributed by atoms with van der Waals surface area (Å²) in [6.07, 6.45) is 2.16. The number of piperidine rings is 1. The Morgan fingerprint density at radius 3 is 2.94 bits per heavy atom. The zero-order valence-electron chi connectivity index (χ0n) is 10.7. The Morgan fingerprint density at radius 2 is 2.29 bits per heavy atom. The number of hydrogen-bond acceptors (Lipinski definition) is 3. The lowest BCUT2D eigenvalue weighted by Gasteiger charge is -2.42. The maximum absolute atomic E-state index is 9.57. The second kappa shape index (κ2) is 5.07. The summed E-state index contributed by atoms with van der Waals surface area (Å²) in [5, 5.41) is 12.9. The number of benzene rings is 1. The van der Waals surface area contributed by atoms with E-state index in [0.717, 1.165) is 25.9 Å². The van der Waals surface area contributed by atoms with Crippen LogP contribution in [0.4, 0.5) is 5.69 Å². The molecule has 1 heterocycles. The molecule has 2 N–H and O–H groups in total. The van der Waals surface area contributed by atoms with Gasteiger partial charge in [-0.2, -0.15) is 0 Å². The van der Waals surface area contributed by atoms with Gasteiger partial charge in [-0.15, -0.1) is 0 Å². The molecule has 0 saturated carbocycles. The predicted octanol–water partition coefficient (Wildman–Crippen LogP) is 1.55. The predicted molar refractivity (Wildman–Crippen MR) is 71.5 cm³/mol. The van der Waals surface area contributed by atoms with E-state index in [4.69, 9.17) is 0 Å². The summed E-state index contributed by atoms with van der Waals surface area (Å²) in [7, 11) is 1.94. The van der Waals surface area contributed by atoms with Crippen LogP contribution in [0.5, 0.6) is 0 Å². The van der Waals surface area contributed by atoms with Gasteiger partial charge in [-0.25, -0.2) is 0 Å². The number of aliphatic hydroxyl groups is 1. The first-order valence-electron chi connectivity index (χ1n) is 6.30. The maximum Gasteiger partial charge on any atom is 0.0630 e. The van der Waals surface area contributed by atoms with E-state index in [9.17, 15) is 5.11 Å². The fourth-order valence-electron chi connectivity index (χ4n) is 2.59. The number of hydrogen-bond donors (Lipinski definition) is 2. The number of nitrogens with one attached hydrogen (secondary N) is 1. The topological polar surface area (TPSA) is 35.5 Å². The molecule has 0 aromatic heterocycles. The molecule has 94 valence electrons. The minimum Gasteiger partial charge on any atom is -0.394 e. The van der Waals surface area contributed by atoms with Gasteiger partial charge >= 0.3 is 0 Å². The van der Waals surface area contributed by atoms with Crippen LogP contribution in [-0.2, 0) is 0 Å². The molecule has 1 aromatic rings. The Hall–Kier alpha value is -1.06. The van der Waals surface area contributed by atoms with Crippen molar-refractivity contribution < 1.29 is 5.11 Å². The van der Waals surface area contributed by atoms with Gasteiger partial charge < -0.3 is 15.3 Å². The summed E-state index contributed by atoms with van der Waals surface area (Å²) in [5.41, 5.74) is 2.41. The summed E-state index contributed by atoms with van der Waals surface area (Å²) in [6, 6.07) is 8.57. The molecule has 0 aliphatic carbocycles. The Bertz CT molecular complexity index is 374. The third-order valence-corrected chi connectivity index (χ3v) is 3.78. The standard InChI is InChI=1S/C14H22N2O/c1-12-5-3-6-13(9-12)16-8-4-7-14(10-16,11-17)15-2/h3,5-6,9,15,17H,4,7-8,10-11H2,1-2H3. The number of aliphatic hydroxyl groups excluding tert-OH is 1. The van der Waals surface area contributed by atoms with E-state index in [2.05, 4.69) is 41.4 Å². The zero-order valence-corrected chi connectivity index (χ0v) is 10.7. The quantitative estimate of drug-likeness (QED) is 0.833. The highest BCUT2D eigenvalue weighted by atomic mass is 16.3. The van der Waals surface area contributed by atoms with Crippen LogP contribution < -0.4 is 10.2 Å². The van der Waals surface area contributed by atoms with Crippen molar-refractivity contribution in [2.75, 3.05) is 31.6 Å². The number of rotatable bonds is 3. The highest BCUT2D eigenvalue weighted by molar-refractivity contribution is 5.49. The number of anilines is 1. The second-order valence-corrected chi connectivity index (χ2v) is 5.05. The average Bonchev–Trinajstić information content (AvgIpc) is 2.39. The third kappa shape index (κ3) is 2.61. The summed E-state index contributed by atoms with van der Waals surface area (Å²) in [4.78, 5) is 2.36. The van der Waals surface area contributed by atoms with E-state index < -0.39 is 0 Å². The van der Waals surface area contributed by atoms with Gasteiger partial charge in [0.05, 0.1) is 12.1 Å². The Labute approximate surface area is 103 Å². The van der Waals surface area contributed by atoms with Gasteiger partial charge in [0, 0.05) is 18.8 Å². The van der Waals surface area contributed by atoms with Crippen LogP contribution in [0.2, 0.25) is 0 Å². The first-order valence-corrected chi connectivity index (χ1v) is 6.30. The lowest BCUT2D eigenvalue weighted by molar-refractivity contribution is 0.149. The minimum absolute atomic E-state index is 0.137. The summed E-state index contributed by atoms with van der Waals surface area (Å²) in [6.45, 7) is 4.27. The van der Waals surface area contributed by atoms with Crippen LogP contribution in [0, 0.1) is 6.92 Å². The van der Waals surface area contributed by atoms with Gasteiger partial charge in [-0.05, 0) is 44.5 Å². The van der Waals surface area contributed by atoms with E-state index in [0.29, 0.717) is 0 Å². The lowest BCUT2D eigenvalue weighted by Crippen LogP contribution is -2.58. The molecule has 0 bridgehead atoms. The van der Waals surface area contributed by atoms with Gasteiger partial charge in [-0.1, -0.05) is 12.1 Å². The highest BCUT2D eigenvalue weighted by Crippen LogP contribution is 2.26. The lowest BCUT2D eigenvalue weighted by atomic mass is 9.89. The molecule has 1 aromatic carbocycles. The van der Waals surface area contributed by atoms with Gasteiger partial charge in [-0.3, -0.25) is 0 Å². The highest BCUT2D eigenvalue weighted by Gasteiger charge is 2.33. The second-order valence-electron chi connectivity index (χ2n) is 5.05. The van der Waals surface area contributed by atoms with E-state index in [1.807, 2.05) is 7.05 Å². The van der Waals surface area contributed by atoms with Crippen molar-refractivity contribution in [3.8, 4) is 0 Å². The minimum atomic E-state index is -0.137. The monoisotopic (exact) mass is 234 g/mol. The molecule has 0 spiro atoms. The van der Waals surface area contributed by atoms with Crippen LogP contribution in [0.15, 0.2) is 24.3 Å². The first-order chi connectivity index (χ1) is 8.19. The van der Waals surface area contributed by atoms with E-state index >= 15 is 0 Å². The van der Waals surface area contributed by atoms with Crippen LogP contribution in [0.1, 0.15) is 18.4 Å². The molecular formula is C14H22N2O. The average molecular weight is 234 g/mol. The van der Waals surface area contributed by atoms with Gasteiger partial charge in [0.2, 0.25) is 0 Å². The van der Waals surface area contributed by atoms with Crippen molar-refractivity contribution in [1.82, 2.24) is 5.32 Å². The Kier molecular flexibility index (Phi) is 3.69. The largest absolute Gasteiger partial charge is 0.394 e. The van der Waals surface area contributed by atoms with Crippen molar-refractivity contribution in [3.63, 3.8) is 0 Å². The van der Waals surface area contributed by atoms with E-state index in [1.54, 1.807) is 0 Å². The van der Waals surface area contributed by atoms with E-state index in [1.165, 1.54) is 11.3 Å². The molecular weight excluding hydrogens is 212 g/mol. The van der Waals surface area contributed by atoms with Crippen LogP contribution in [-0.4, -0.2) is 37.4 Å². The van der Waals surface area contributed by atoms with E-state index in [-0.39, 0.29) is 12.1 Å². The molecule has 3 heteroatoms. The molecule has 1 saturated heterocycles. The van der Waals surface area contributed by atoms with Crippen LogP contribution in [0.25, 0.3) is 0 Å². The zero-order chi connectivity index (χ0) is 12.3. The van der Waals surface area contributed by atoms with Gasteiger partial charge in [0.25, 0.3) is 0 Å². The molecule has 1 aliphatic rings. The molecule has 0 radical (unpaired) electrons. The Morgan fingerprint density at radius 1 is 1.47 bits per heavy atom. The van der Waals surface area contributed by atoms with Crippen molar-refractivity contribution >= 4 is 5.69 Å². The normalized spacial score (nSPS) is 25.0. The molecule has 1 atom stereocenters. The van der Waals surface area contributed by atoms with Crippen LogP contribution >= 0.6 is 0 Å². The number of likely N-dealkylation sites (N-methyl/N-ethyl adjacent to an activating group) is 1. The van der Waals surface area contributed by atoms with Crippen LogP contribution in [0.3, 0.4) is 0 Å². The summed E-state index contributed by atoms with van der Waals surface area (Å²) in [5.74, 6) is 0. The summed E-state index contributed by atoms with van der Waals surface area (Å²) < 4.78 is 0. The van der Waals surface area contributed by atoms with Crippen molar-refractivity contribution in [2.45, 2.75) is 25.3 Å². The SMILES string of the molecule is CNC1(CO)CCCN(c2cccc(C)c2)C1. The fourth-order valence-corrected chi connectivity index (χ4v) is 2.59. The molecule has 17 heavy (non-hydrogen) atoms. The maximum atomic E-state index is 9.57. The Balaban J connectivity index is 2.17. The molecule has 3 nitrogen and oxygen atoms in total. The van der Waals surface area contributed by atoms with Crippen molar-refractivity contribution in [3.05, 3.63) is 29.8 Å². The van der Waals surface area contributed by atoms with Gasteiger partial charge in [0.15, 0.2) is 0 Å². The molecule has 2 rings (SSSR count). The number of nitrogens with zero attached hydrogens (tertiary/aromatic N) is 1. The first kappa shape index (κ1) is 12.4. The molecule has 1 aliphatic heterocycles. The molecule has 1 unspecified atom stereocenters. The van der Waals surface area contributed by atoms with Crippen molar-refractivity contribution in [2.24, 2.45) is 0 Å². The fraction of sp³-hybridized carbons (Fsp3) is 0.571. The smallest absolute Gasteiger partial charge is 0.0630 e. The third-order valence-electron chi connectivity index (χ3n) is 3.78. The molecule has 1 fully saturated rings. The molecule has 0 amide bonds. The summed E-state index contributed by atoms with van der Waals surface area (Å²) >= 11 is 0.